The zero-order valence-corrected chi connectivity index (χ0v) is 13.2. The molecule has 2 rings (SSSR count). The summed E-state index contributed by atoms with van der Waals surface area (Å²) < 4.78 is 27.1. The van der Waals surface area contributed by atoms with Crippen molar-refractivity contribution in [2.24, 2.45) is 0 Å². The van der Waals surface area contributed by atoms with Gasteiger partial charge in [0.05, 0.1) is 6.42 Å². The van der Waals surface area contributed by atoms with E-state index in [1.54, 1.807) is 24.3 Å². The Kier molecular flexibility index (Phi) is 5.87. The molecule has 0 saturated carbocycles. The first-order chi connectivity index (χ1) is 11.4. The van der Waals surface area contributed by atoms with Crippen LogP contribution in [0, 0.1) is 11.6 Å². The summed E-state index contributed by atoms with van der Waals surface area (Å²) in [5, 5.41) is 12.0. The second kappa shape index (κ2) is 7.88. The van der Waals surface area contributed by atoms with Crippen LogP contribution in [0.2, 0.25) is 5.02 Å². The number of carbonyl (C=O) groups is 2. The predicted molar refractivity (Wildman–Crippen MR) is 84.8 cm³/mol. The highest BCUT2D eigenvalue weighted by molar-refractivity contribution is 6.30. The second-order valence-electron chi connectivity index (χ2n) is 5.17. The number of nitrogens with one attached hydrogen (secondary N) is 1. The largest absolute Gasteiger partial charge is 0.480 e. The molecule has 0 saturated heterocycles. The van der Waals surface area contributed by atoms with Crippen LogP contribution >= 0.6 is 11.6 Å². The lowest BCUT2D eigenvalue weighted by molar-refractivity contribution is -0.141. The van der Waals surface area contributed by atoms with E-state index < -0.39 is 41.5 Å². The van der Waals surface area contributed by atoms with E-state index in [-0.39, 0.29) is 6.42 Å². The molecule has 0 aliphatic rings. The van der Waals surface area contributed by atoms with Crippen molar-refractivity contribution in [1.29, 1.82) is 0 Å². The molecule has 0 aliphatic carbocycles. The molecule has 0 spiro atoms. The maximum atomic E-state index is 13.5. The molecule has 2 aromatic carbocycles. The predicted octanol–water partition coefficient (Wildman–Crippen LogP) is 2.97. The van der Waals surface area contributed by atoms with Crippen molar-refractivity contribution in [1.82, 2.24) is 5.32 Å². The fourth-order valence-corrected chi connectivity index (χ4v) is 2.29. The van der Waals surface area contributed by atoms with Crippen LogP contribution in [-0.4, -0.2) is 23.0 Å². The molecule has 0 aromatic heterocycles. The molecule has 0 heterocycles. The van der Waals surface area contributed by atoms with Crippen molar-refractivity contribution < 1.29 is 23.5 Å². The summed E-state index contributed by atoms with van der Waals surface area (Å²) in [4.78, 5) is 23.3. The van der Waals surface area contributed by atoms with Crippen molar-refractivity contribution in [2.75, 3.05) is 0 Å². The number of hydrogen-bond acceptors (Lipinski definition) is 2. The van der Waals surface area contributed by atoms with Crippen molar-refractivity contribution in [2.45, 2.75) is 18.9 Å². The minimum absolute atomic E-state index is 0.0258. The smallest absolute Gasteiger partial charge is 0.326 e. The van der Waals surface area contributed by atoms with Crippen LogP contribution in [-0.2, 0) is 22.4 Å². The maximum absolute atomic E-state index is 13.5. The minimum atomic E-state index is -1.24. The number of carboxylic acid groups (broad SMARTS) is 1. The van der Waals surface area contributed by atoms with Gasteiger partial charge < -0.3 is 10.4 Å². The first kappa shape index (κ1) is 17.9. The van der Waals surface area contributed by atoms with E-state index in [9.17, 15) is 23.5 Å². The van der Waals surface area contributed by atoms with Gasteiger partial charge in [0, 0.05) is 17.0 Å². The number of amides is 1. The van der Waals surface area contributed by atoms with Crippen LogP contribution in [0.25, 0.3) is 0 Å². The molecular formula is C17H14ClF2NO3. The van der Waals surface area contributed by atoms with Gasteiger partial charge in [0.2, 0.25) is 5.91 Å². The van der Waals surface area contributed by atoms with E-state index in [0.717, 1.165) is 12.1 Å². The van der Waals surface area contributed by atoms with Crippen LogP contribution < -0.4 is 5.32 Å². The van der Waals surface area contributed by atoms with Gasteiger partial charge in [-0.2, -0.15) is 0 Å². The minimum Gasteiger partial charge on any atom is -0.480 e. The number of halogens is 3. The molecule has 1 atom stereocenters. The normalized spacial score (nSPS) is 11.8. The Balaban J connectivity index is 2.06. The molecule has 0 fully saturated rings. The fraction of sp³-hybridized carbons (Fsp3) is 0.176. The van der Waals surface area contributed by atoms with Gasteiger partial charge in [0.25, 0.3) is 0 Å². The molecule has 24 heavy (non-hydrogen) atoms. The monoisotopic (exact) mass is 353 g/mol. The third-order valence-electron chi connectivity index (χ3n) is 3.39. The van der Waals surface area contributed by atoms with Crippen molar-refractivity contribution in [3.05, 3.63) is 70.2 Å². The highest BCUT2D eigenvalue weighted by atomic mass is 35.5. The molecule has 4 nitrogen and oxygen atoms in total. The topological polar surface area (TPSA) is 66.4 Å². The van der Waals surface area contributed by atoms with E-state index in [1.807, 2.05) is 0 Å². The summed E-state index contributed by atoms with van der Waals surface area (Å²) in [5.74, 6) is -3.72. The van der Waals surface area contributed by atoms with Crippen molar-refractivity contribution >= 4 is 23.5 Å². The van der Waals surface area contributed by atoms with Crippen LogP contribution in [0.4, 0.5) is 8.78 Å². The quantitative estimate of drug-likeness (QED) is 0.839. The highest BCUT2D eigenvalue weighted by Crippen LogP contribution is 2.14. The SMILES string of the molecule is O=C(Cc1c(F)cccc1F)N[C@@H](Cc1ccc(Cl)cc1)C(=O)O. The van der Waals surface area contributed by atoms with Gasteiger partial charge in [-0.15, -0.1) is 0 Å². The molecular weight excluding hydrogens is 340 g/mol. The second-order valence-corrected chi connectivity index (χ2v) is 5.60. The molecule has 2 N–H and O–H groups in total. The first-order valence-corrected chi connectivity index (χ1v) is 7.44. The van der Waals surface area contributed by atoms with E-state index in [4.69, 9.17) is 11.6 Å². The highest BCUT2D eigenvalue weighted by Gasteiger charge is 2.22. The molecule has 0 unspecified atom stereocenters. The molecule has 126 valence electrons. The summed E-state index contributed by atoms with van der Waals surface area (Å²) in [5.41, 5.74) is 0.259. The van der Waals surface area contributed by atoms with Crippen LogP contribution in [0.1, 0.15) is 11.1 Å². The Morgan fingerprint density at radius 2 is 1.67 bits per heavy atom. The van der Waals surface area contributed by atoms with Gasteiger partial charge in [-0.1, -0.05) is 29.8 Å². The van der Waals surface area contributed by atoms with E-state index in [1.165, 1.54) is 6.07 Å². The molecule has 0 radical (unpaired) electrons. The number of aliphatic carboxylic acids is 1. The molecule has 0 bridgehead atoms. The summed E-state index contributed by atoms with van der Waals surface area (Å²) in [6.07, 6.45) is -0.555. The fourth-order valence-electron chi connectivity index (χ4n) is 2.16. The number of carbonyl (C=O) groups excluding carboxylic acids is 1. The standard InChI is InChI=1S/C17H14ClF2NO3/c18-11-6-4-10(5-7-11)8-15(17(23)24)21-16(22)9-12-13(19)2-1-3-14(12)20/h1-7,15H,8-9H2,(H,21,22)(H,23,24)/t15-/m0/s1. The summed E-state index contributed by atoms with van der Waals surface area (Å²) >= 11 is 5.76. The Morgan fingerprint density at radius 3 is 2.21 bits per heavy atom. The lowest BCUT2D eigenvalue weighted by Crippen LogP contribution is -2.43. The van der Waals surface area contributed by atoms with E-state index in [0.29, 0.717) is 10.6 Å². The Hall–Kier alpha value is -2.47. The van der Waals surface area contributed by atoms with Crippen molar-refractivity contribution in [3.8, 4) is 0 Å². The first-order valence-electron chi connectivity index (χ1n) is 7.06. The van der Waals surface area contributed by atoms with Crippen LogP contribution in [0.5, 0.6) is 0 Å². The molecule has 2 aromatic rings. The third-order valence-corrected chi connectivity index (χ3v) is 3.64. The van der Waals surface area contributed by atoms with Crippen molar-refractivity contribution in [3.63, 3.8) is 0 Å². The Labute approximate surface area is 142 Å². The van der Waals surface area contributed by atoms with Crippen LogP contribution in [0.3, 0.4) is 0 Å². The lowest BCUT2D eigenvalue weighted by Gasteiger charge is -2.15. The average molecular weight is 354 g/mol. The maximum Gasteiger partial charge on any atom is 0.326 e. The summed E-state index contributed by atoms with van der Waals surface area (Å²) in [6.45, 7) is 0. The Bertz CT molecular complexity index is 730. The van der Waals surface area contributed by atoms with Gasteiger partial charge in [0.15, 0.2) is 0 Å². The zero-order valence-electron chi connectivity index (χ0n) is 12.4. The molecule has 7 heteroatoms. The van der Waals surface area contributed by atoms with Crippen LogP contribution in [0.15, 0.2) is 42.5 Å². The average Bonchev–Trinajstić information content (AvgIpc) is 2.52. The van der Waals surface area contributed by atoms with E-state index >= 15 is 0 Å². The molecule has 1 amide bonds. The van der Waals surface area contributed by atoms with Gasteiger partial charge in [-0.25, -0.2) is 13.6 Å². The number of rotatable bonds is 6. The van der Waals surface area contributed by atoms with Gasteiger partial charge in [-0.05, 0) is 29.8 Å². The number of benzene rings is 2. The molecule has 0 aliphatic heterocycles. The zero-order chi connectivity index (χ0) is 17.7. The van der Waals surface area contributed by atoms with Gasteiger partial charge >= 0.3 is 5.97 Å². The number of hydrogen-bond donors (Lipinski definition) is 2. The van der Waals surface area contributed by atoms with Gasteiger partial charge in [-0.3, -0.25) is 4.79 Å². The summed E-state index contributed by atoms with van der Waals surface area (Å²) in [7, 11) is 0. The number of carboxylic acids is 1. The lowest BCUT2D eigenvalue weighted by atomic mass is 10.1. The third kappa shape index (κ3) is 4.76. The van der Waals surface area contributed by atoms with Gasteiger partial charge in [0.1, 0.15) is 17.7 Å². The Morgan fingerprint density at radius 1 is 1.08 bits per heavy atom. The summed E-state index contributed by atoms with van der Waals surface area (Å²) in [6, 6.07) is 8.53. The van der Waals surface area contributed by atoms with E-state index in [2.05, 4.69) is 5.32 Å².